The van der Waals surface area contributed by atoms with E-state index in [9.17, 15) is 9.90 Å². The summed E-state index contributed by atoms with van der Waals surface area (Å²) in [6.07, 6.45) is 4.00. The number of nitrogens with one attached hydrogen (secondary N) is 1. The van der Waals surface area contributed by atoms with Crippen LogP contribution in [-0.4, -0.2) is 55.2 Å². The fourth-order valence-electron chi connectivity index (χ4n) is 5.18. The first-order valence-corrected chi connectivity index (χ1v) is 13.4. The van der Waals surface area contributed by atoms with Gasteiger partial charge < -0.3 is 19.7 Å². The van der Waals surface area contributed by atoms with Crippen LogP contribution in [0, 0.1) is 0 Å². The highest BCUT2D eigenvalue weighted by molar-refractivity contribution is 6.77. The van der Waals surface area contributed by atoms with Gasteiger partial charge in [0.05, 0.1) is 0 Å². The molecule has 6 heteroatoms. The van der Waals surface area contributed by atoms with Gasteiger partial charge >= 0.3 is 6.09 Å². The largest absolute Gasteiger partial charge is 0.465 e. The van der Waals surface area contributed by atoms with Crippen LogP contribution in [0.2, 0.25) is 16.6 Å². The predicted molar refractivity (Wildman–Crippen MR) is 121 cm³/mol. The van der Waals surface area contributed by atoms with Crippen LogP contribution in [0.25, 0.3) is 0 Å². The van der Waals surface area contributed by atoms with Crippen LogP contribution in [0.1, 0.15) is 88.0 Å². The van der Waals surface area contributed by atoms with E-state index in [1.807, 2.05) is 20.8 Å². The molecule has 0 radical (unpaired) electrons. The summed E-state index contributed by atoms with van der Waals surface area (Å²) < 4.78 is 6.96. The Morgan fingerprint density at radius 2 is 1.50 bits per heavy atom. The van der Waals surface area contributed by atoms with E-state index in [2.05, 4.69) is 46.9 Å². The summed E-state index contributed by atoms with van der Waals surface area (Å²) in [5.41, 5.74) is 1.52. The molecule has 2 N–H and O–H groups in total. The number of carbonyl (C=O) groups is 1. The lowest BCUT2D eigenvalue weighted by Gasteiger charge is -2.46. The Morgan fingerprint density at radius 1 is 1.04 bits per heavy atom. The van der Waals surface area contributed by atoms with Crippen molar-refractivity contribution >= 4 is 14.4 Å². The molecule has 0 heterocycles. The van der Waals surface area contributed by atoms with Gasteiger partial charge in [0.2, 0.25) is 8.32 Å². The third-order valence-corrected chi connectivity index (χ3v) is 12.7. The second kappa shape index (κ2) is 10.4. The lowest BCUT2D eigenvalue weighted by molar-refractivity contribution is 0.0970. The number of nitrogens with zero attached hydrogens (tertiary/aromatic N) is 1. The highest BCUT2D eigenvalue weighted by Crippen LogP contribution is 2.44. The minimum absolute atomic E-state index is 0.364. The number of hydrogen-bond donors (Lipinski definition) is 2. The summed E-state index contributed by atoms with van der Waals surface area (Å²) in [5, 5.41) is 13.0. The summed E-state index contributed by atoms with van der Waals surface area (Å²) in [6, 6.07) is 0.476. The van der Waals surface area contributed by atoms with Crippen LogP contribution in [0.4, 0.5) is 4.79 Å². The topological polar surface area (TPSA) is 61.8 Å². The van der Waals surface area contributed by atoms with Gasteiger partial charge in [0.1, 0.15) is 0 Å². The van der Waals surface area contributed by atoms with Crippen molar-refractivity contribution in [2.24, 2.45) is 0 Å². The average Bonchev–Trinajstić information content (AvgIpc) is 2.55. The quantitative estimate of drug-likeness (QED) is 0.464. The molecule has 0 aromatic heterocycles. The van der Waals surface area contributed by atoms with E-state index < -0.39 is 14.4 Å². The van der Waals surface area contributed by atoms with Crippen LogP contribution in [0.3, 0.4) is 0 Å². The molecule has 1 rings (SSSR count). The number of amides is 1. The molecule has 0 unspecified atom stereocenters. The Hall–Kier alpha value is -0.593. The molecule has 0 aromatic rings. The van der Waals surface area contributed by atoms with Crippen LogP contribution < -0.4 is 5.32 Å². The van der Waals surface area contributed by atoms with Crippen LogP contribution in [0.15, 0.2) is 0 Å². The van der Waals surface area contributed by atoms with Gasteiger partial charge in [-0.05, 0) is 63.1 Å². The van der Waals surface area contributed by atoms with Crippen molar-refractivity contribution in [3.63, 3.8) is 0 Å². The van der Waals surface area contributed by atoms with E-state index in [-0.39, 0.29) is 5.54 Å². The number of rotatable bonds is 9. The van der Waals surface area contributed by atoms with Gasteiger partial charge in [-0.2, -0.15) is 0 Å². The molecule has 5 nitrogen and oxygen atoms in total. The highest BCUT2D eigenvalue weighted by Gasteiger charge is 2.46. The Labute approximate surface area is 174 Å². The van der Waals surface area contributed by atoms with Gasteiger partial charge in [-0.3, -0.25) is 0 Å². The molecule has 0 atom stereocenters. The summed E-state index contributed by atoms with van der Waals surface area (Å²) in [5.74, 6) is 0. The minimum Gasteiger partial charge on any atom is -0.465 e. The molecule has 28 heavy (non-hydrogen) atoms. The fraction of sp³-hybridized carbons (Fsp3) is 0.955. The van der Waals surface area contributed by atoms with Gasteiger partial charge in [-0.15, -0.1) is 0 Å². The van der Waals surface area contributed by atoms with Crippen LogP contribution in [-0.2, 0) is 4.43 Å². The Morgan fingerprint density at radius 3 is 1.86 bits per heavy atom. The van der Waals surface area contributed by atoms with Crippen molar-refractivity contribution in [1.82, 2.24) is 10.2 Å². The molecule has 1 aliphatic rings. The first-order valence-electron chi connectivity index (χ1n) is 11.2. The SMILES string of the molecule is CC(C)[Si](O[C@H]1CC[C@H](NCCN(C(=O)O)C(C)(C)C)CC1)(C(C)C)C(C)C. The van der Waals surface area contributed by atoms with Crippen molar-refractivity contribution in [3.05, 3.63) is 0 Å². The average molecular weight is 415 g/mol. The monoisotopic (exact) mass is 414 g/mol. The summed E-state index contributed by atoms with van der Waals surface area (Å²) in [6.45, 7) is 21.2. The number of carboxylic acid groups (broad SMARTS) is 1. The zero-order valence-electron chi connectivity index (χ0n) is 19.8. The molecule has 0 aromatic carbocycles. The van der Waals surface area contributed by atoms with E-state index >= 15 is 0 Å². The molecule has 0 spiro atoms. The van der Waals surface area contributed by atoms with Crippen molar-refractivity contribution in [2.75, 3.05) is 13.1 Å². The molecule has 1 amide bonds. The van der Waals surface area contributed by atoms with Crippen LogP contribution in [0.5, 0.6) is 0 Å². The first-order chi connectivity index (χ1) is 12.8. The van der Waals surface area contributed by atoms with Crippen LogP contribution >= 0.6 is 0 Å². The Kier molecular flexibility index (Phi) is 9.49. The molecular formula is C22H46N2O3Si. The normalized spacial score (nSPS) is 21.6. The van der Waals surface area contributed by atoms with E-state index in [4.69, 9.17) is 4.43 Å². The second-order valence-electron chi connectivity index (χ2n) is 10.5. The predicted octanol–water partition coefficient (Wildman–Crippen LogP) is 5.86. The smallest absolute Gasteiger partial charge is 0.407 e. The zero-order valence-corrected chi connectivity index (χ0v) is 20.8. The van der Waals surface area contributed by atoms with Crippen molar-refractivity contribution in [1.29, 1.82) is 0 Å². The molecule has 1 saturated carbocycles. The third kappa shape index (κ3) is 6.46. The van der Waals surface area contributed by atoms with E-state index in [1.165, 1.54) is 4.90 Å². The van der Waals surface area contributed by atoms with Gasteiger partial charge in [0.15, 0.2) is 0 Å². The maximum atomic E-state index is 11.5. The maximum absolute atomic E-state index is 11.5. The molecule has 166 valence electrons. The van der Waals surface area contributed by atoms with Gasteiger partial charge in [-0.25, -0.2) is 4.79 Å². The Balaban J connectivity index is 2.53. The summed E-state index contributed by atoms with van der Waals surface area (Å²) in [7, 11) is -1.80. The second-order valence-corrected chi connectivity index (χ2v) is 15.9. The first kappa shape index (κ1) is 25.4. The molecule has 1 fully saturated rings. The lowest BCUT2D eigenvalue weighted by Crippen LogP contribution is -2.52. The Bertz CT molecular complexity index is 459. The standard InChI is InChI=1S/C22H46N2O3Si/c1-16(2)28(17(3)4,18(5)6)27-20-12-10-19(11-13-20)23-14-15-24(21(25)26)22(7,8)9/h16-20,23H,10-15H2,1-9H3,(H,25,26)/t19-,20-. The maximum Gasteiger partial charge on any atom is 0.407 e. The van der Waals surface area contributed by atoms with Crippen molar-refractivity contribution < 1.29 is 14.3 Å². The summed E-state index contributed by atoms with van der Waals surface area (Å²) >= 11 is 0. The number of hydrogen-bond acceptors (Lipinski definition) is 3. The van der Waals surface area contributed by atoms with Gasteiger partial charge in [0, 0.05) is 30.8 Å². The lowest BCUT2D eigenvalue weighted by atomic mass is 9.93. The molecule has 0 aliphatic heterocycles. The minimum atomic E-state index is -1.80. The van der Waals surface area contributed by atoms with Gasteiger partial charge in [-0.1, -0.05) is 41.5 Å². The van der Waals surface area contributed by atoms with Gasteiger partial charge in [0.25, 0.3) is 0 Å². The third-order valence-electron chi connectivity index (χ3n) is 6.56. The van der Waals surface area contributed by atoms with E-state index in [0.29, 0.717) is 41.9 Å². The summed E-state index contributed by atoms with van der Waals surface area (Å²) in [4.78, 5) is 13.0. The van der Waals surface area contributed by atoms with Crippen molar-refractivity contribution in [3.8, 4) is 0 Å². The zero-order chi connectivity index (χ0) is 21.7. The highest BCUT2D eigenvalue weighted by atomic mass is 28.4. The molecule has 0 saturated heterocycles. The molecule has 1 aliphatic carbocycles. The molecular weight excluding hydrogens is 368 g/mol. The fourth-order valence-corrected chi connectivity index (χ4v) is 10.8. The molecule has 0 bridgehead atoms. The van der Waals surface area contributed by atoms with E-state index in [1.54, 1.807) is 0 Å². The van der Waals surface area contributed by atoms with E-state index in [0.717, 1.165) is 25.7 Å². The van der Waals surface area contributed by atoms with Crippen molar-refractivity contribution in [2.45, 2.75) is 122 Å².